The van der Waals surface area contributed by atoms with E-state index >= 15 is 0 Å². The number of phenols is 1. The van der Waals surface area contributed by atoms with E-state index in [0.29, 0.717) is 16.8 Å². The Morgan fingerprint density at radius 3 is 2.41 bits per heavy atom. The molecule has 0 aliphatic heterocycles. The normalized spacial score (nSPS) is 10.8. The number of nitrogens with zero attached hydrogens (tertiary/aromatic N) is 1. The fraction of sp³-hybridized carbons (Fsp3) is 0.294. The number of benzene rings is 1. The van der Waals surface area contributed by atoms with Gasteiger partial charge in [0.25, 0.3) is 5.56 Å². The number of hydrogen-bond acceptors (Lipinski definition) is 7. The van der Waals surface area contributed by atoms with Crippen molar-refractivity contribution in [2.75, 3.05) is 14.2 Å². The first-order valence-corrected chi connectivity index (χ1v) is 7.94. The number of phenolic OH excluding ortho intramolecular Hbond substituents is 1. The molecule has 0 saturated carbocycles. The predicted molar refractivity (Wildman–Crippen MR) is 97.7 cm³/mol. The molecule has 1 amide bonds. The Morgan fingerprint density at radius 1 is 1.22 bits per heavy atom. The highest BCUT2D eigenvalue weighted by atomic mass is 16.5. The molecule has 144 valence electrons. The molecule has 2 aromatic rings. The maximum Gasteiger partial charge on any atom is 0.325 e. The van der Waals surface area contributed by atoms with Crippen molar-refractivity contribution in [3.8, 4) is 17.2 Å². The second-order valence-corrected chi connectivity index (χ2v) is 5.58. The van der Waals surface area contributed by atoms with Crippen molar-refractivity contribution in [1.82, 2.24) is 15.4 Å². The fourth-order valence-electron chi connectivity index (χ4n) is 2.39. The minimum absolute atomic E-state index is 0.00945. The second kappa shape index (κ2) is 8.70. The van der Waals surface area contributed by atoms with Crippen LogP contribution in [0.3, 0.4) is 0 Å². The summed E-state index contributed by atoms with van der Waals surface area (Å²) in [6.45, 7) is 1.59. The van der Waals surface area contributed by atoms with Gasteiger partial charge < -0.3 is 19.6 Å². The van der Waals surface area contributed by atoms with E-state index < -0.39 is 17.2 Å². The van der Waals surface area contributed by atoms with E-state index in [2.05, 4.69) is 20.5 Å². The second-order valence-electron chi connectivity index (χ2n) is 5.58. The Morgan fingerprint density at radius 2 is 1.85 bits per heavy atom. The van der Waals surface area contributed by atoms with E-state index in [1.165, 1.54) is 32.6 Å². The molecule has 0 bridgehead atoms. The van der Waals surface area contributed by atoms with Gasteiger partial charge in [-0.3, -0.25) is 14.6 Å². The predicted octanol–water partition coefficient (Wildman–Crippen LogP) is 0.177. The summed E-state index contributed by atoms with van der Waals surface area (Å²) in [5.41, 5.74) is 2.53. The molecule has 0 fully saturated rings. The molecule has 0 aliphatic rings. The van der Waals surface area contributed by atoms with Crippen LogP contribution < -0.4 is 26.1 Å². The lowest BCUT2D eigenvalue weighted by Crippen LogP contribution is -2.28. The lowest BCUT2D eigenvalue weighted by molar-refractivity contribution is -0.121. The van der Waals surface area contributed by atoms with E-state index in [9.17, 15) is 19.5 Å². The van der Waals surface area contributed by atoms with Crippen LogP contribution in [0.1, 0.15) is 23.2 Å². The van der Waals surface area contributed by atoms with Crippen LogP contribution in [0.2, 0.25) is 0 Å². The number of hydrogen-bond donors (Lipinski definition) is 4. The van der Waals surface area contributed by atoms with E-state index in [1.54, 1.807) is 6.92 Å². The summed E-state index contributed by atoms with van der Waals surface area (Å²) >= 11 is 0. The smallest absolute Gasteiger partial charge is 0.325 e. The molecule has 0 aliphatic carbocycles. The highest BCUT2D eigenvalue weighted by Gasteiger charge is 2.11. The van der Waals surface area contributed by atoms with E-state index in [1.807, 2.05) is 0 Å². The Balaban J connectivity index is 2.00. The highest BCUT2D eigenvalue weighted by molar-refractivity contribution is 5.84. The zero-order valence-corrected chi connectivity index (χ0v) is 15.1. The molecule has 0 unspecified atom stereocenters. The molecule has 27 heavy (non-hydrogen) atoms. The first-order valence-electron chi connectivity index (χ1n) is 7.94. The zero-order valence-electron chi connectivity index (χ0n) is 15.1. The van der Waals surface area contributed by atoms with Crippen molar-refractivity contribution in [2.24, 2.45) is 5.10 Å². The van der Waals surface area contributed by atoms with Crippen molar-refractivity contribution in [3.63, 3.8) is 0 Å². The Labute approximate surface area is 153 Å². The van der Waals surface area contributed by atoms with E-state index in [4.69, 9.17) is 9.47 Å². The lowest BCUT2D eigenvalue weighted by Gasteiger charge is -2.09. The number of aromatic amines is 2. The number of hydrazone groups is 1. The van der Waals surface area contributed by atoms with Crippen molar-refractivity contribution >= 4 is 12.1 Å². The third-order valence-corrected chi connectivity index (χ3v) is 3.76. The molecular weight excluding hydrogens is 356 g/mol. The number of methoxy groups -OCH3 is 2. The van der Waals surface area contributed by atoms with Crippen LogP contribution in [0.4, 0.5) is 0 Å². The molecule has 0 atom stereocenters. The summed E-state index contributed by atoms with van der Waals surface area (Å²) in [5.74, 6) is -0.138. The minimum Gasteiger partial charge on any atom is -0.502 e. The average Bonchev–Trinajstić information content (AvgIpc) is 2.61. The molecule has 2 rings (SSSR count). The number of aromatic nitrogens is 2. The number of rotatable bonds is 7. The maximum absolute atomic E-state index is 11.9. The van der Waals surface area contributed by atoms with Gasteiger partial charge in [0.1, 0.15) is 0 Å². The summed E-state index contributed by atoms with van der Waals surface area (Å²) in [6.07, 6.45) is 1.52. The van der Waals surface area contributed by atoms with E-state index in [-0.39, 0.29) is 30.1 Å². The quantitative estimate of drug-likeness (QED) is 0.400. The SMILES string of the molecule is COc1cc(/C=N/NC(=O)CCc2c(C)[nH]c(=O)[nH]c2=O)cc(OC)c1O. The fourth-order valence-corrected chi connectivity index (χ4v) is 2.39. The van der Waals surface area contributed by atoms with Gasteiger partial charge in [0.15, 0.2) is 11.5 Å². The number of nitrogens with one attached hydrogen (secondary N) is 3. The molecular formula is C17H20N4O6. The van der Waals surface area contributed by atoms with Gasteiger partial charge in [0.05, 0.1) is 20.4 Å². The third-order valence-electron chi connectivity index (χ3n) is 3.76. The van der Waals surface area contributed by atoms with Crippen LogP contribution in [0.15, 0.2) is 26.8 Å². The third kappa shape index (κ3) is 4.97. The van der Waals surface area contributed by atoms with Crippen molar-refractivity contribution in [1.29, 1.82) is 0 Å². The molecule has 10 heteroatoms. The van der Waals surface area contributed by atoms with Crippen LogP contribution in [0, 0.1) is 6.92 Å². The number of carbonyl (C=O) groups excluding carboxylic acids is 1. The number of carbonyl (C=O) groups is 1. The zero-order chi connectivity index (χ0) is 20.0. The number of aryl methyl sites for hydroxylation is 1. The van der Waals surface area contributed by atoms with Gasteiger partial charge in [0, 0.05) is 23.2 Å². The van der Waals surface area contributed by atoms with Gasteiger partial charge >= 0.3 is 5.69 Å². The summed E-state index contributed by atoms with van der Waals surface area (Å²) < 4.78 is 10.1. The Bertz CT molecular complexity index is 951. The molecule has 1 aromatic heterocycles. The van der Waals surface area contributed by atoms with Gasteiger partial charge in [0.2, 0.25) is 11.7 Å². The lowest BCUT2D eigenvalue weighted by atomic mass is 10.1. The van der Waals surface area contributed by atoms with Gasteiger partial charge in [-0.2, -0.15) is 5.10 Å². The molecule has 1 heterocycles. The molecule has 10 nitrogen and oxygen atoms in total. The summed E-state index contributed by atoms with van der Waals surface area (Å²) in [7, 11) is 2.80. The Hall–Kier alpha value is -3.56. The summed E-state index contributed by atoms with van der Waals surface area (Å²) in [5, 5.41) is 13.7. The monoisotopic (exact) mass is 376 g/mol. The molecule has 4 N–H and O–H groups in total. The maximum atomic E-state index is 11.9. The van der Waals surface area contributed by atoms with Crippen LogP contribution in [0.5, 0.6) is 17.2 Å². The molecule has 0 saturated heterocycles. The van der Waals surface area contributed by atoms with Gasteiger partial charge in [-0.15, -0.1) is 0 Å². The number of aromatic hydroxyl groups is 1. The van der Waals surface area contributed by atoms with Crippen LogP contribution in [-0.4, -0.2) is 41.4 Å². The molecule has 1 aromatic carbocycles. The van der Waals surface area contributed by atoms with Crippen LogP contribution in [-0.2, 0) is 11.2 Å². The molecule has 0 spiro atoms. The van der Waals surface area contributed by atoms with E-state index in [0.717, 1.165) is 0 Å². The van der Waals surface area contributed by atoms with Crippen molar-refractivity contribution < 1.29 is 19.4 Å². The Kier molecular flexibility index (Phi) is 6.36. The first-order chi connectivity index (χ1) is 12.8. The average molecular weight is 376 g/mol. The number of ether oxygens (including phenoxy) is 2. The number of amides is 1. The van der Waals surface area contributed by atoms with Crippen LogP contribution >= 0.6 is 0 Å². The highest BCUT2D eigenvalue weighted by Crippen LogP contribution is 2.36. The van der Waals surface area contributed by atoms with Crippen LogP contribution in [0.25, 0.3) is 0 Å². The topological polar surface area (TPSA) is 146 Å². The molecule has 0 radical (unpaired) electrons. The van der Waals surface area contributed by atoms with Gasteiger partial charge in [-0.25, -0.2) is 10.2 Å². The largest absolute Gasteiger partial charge is 0.502 e. The van der Waals surface area contributed by atoms with Gasteiger partial charge in [-0.05, 0) is 25.5 Å². The summed E-state index contributed by atoms with van der Waals surface area (Å²) in [4.78, 5) is 39.4. The standard InChI is InChI=1S/C17H20N4O6/c1-9-11(16(24)20-17(25)19-9)4-5-14(22)21-18-8-10-6-12(26-2)15(23)13(7-10)27-3/h6-8,23H,4-5H2,1-3H3,(H,21,22)(H2,19,20,24,25)/b18-8+. The van der Waals surface area contributed by atoms with Gasteiger partial charge in [-0.1, -0.05) is 0 Å². The minimum atomic E-state index is -0.588. The number of H-pyrrole nitrogens is 2. The van der Waals surface area contributed by atoms with Crippen molar-refractivity contribution in [3.05, 3.63) is 49.8 Å². The summed E-state index contributed by atoms with van der Waals surface area (Å²) in [6, 6.07) is 3.05. The van der Waals surface area contributed by atoms with Crippen molar-refractivity contribution in [2.45, 2.75) is 19.8 Å². The first kappa shape index (κ1) is 19.8.